The molecule has 190 valence electrons. The number of para-hydroxylation sites is 1. The van der Waals surface area contributed by atoms with E-state index in [1.54, 1.807) is 42.5 Å². The number of hydrogen-bond donors (Lipinski definition) is 1. The number of nitrogens with zero attached hydrogens (tertiary/aromatic N) is 1. The molecule has 1 saturated heterocycles. The van der Waals surface area contributed by atoms with E-state index < -0.39 is 5.91 Å². The molecule has 1 heterocycles. The molecule has 10 heteroatoms. The highest BCUT2D eigenvalue weighted by Gasteiger charge is 2.35. The van der Waals surface area contributed by atoms with Crippen molar-refractivity contribution in [3.05, 3.63) is 91.8 Å². The van der Waals surface area contributed by atoms with E-state index in [1.165, 1.54) is 12.0 Å². The first kappa shape index (κ1) is 26.8. The topological polar surface area (TPSA) is 84.9 Å². The number of carbonyl (C=O) groups excluding carboxylic acids is 3. The van der Waals surface area contributed by atoms with Crippen LogP contribution in [0.3, 0.4) is 0 Å². The summed E-state index contributed by atoms with van der Waals surface area (Å²) in [4.78, 5) is 39.4. The zero-order chi connectivity index (χ0) is 26.5. The van der Waals surface area contributed by atoms with Crippen LogP contribution >= 0.6 is 39.3 Å². The third-order valence-electron chi connectivity index (χ3n) is 5.34. The number of thioether (sulfide) groups is 1. The van der Waals surface area contributed by atoms with E-state index in [4.69, 9.17) is 21.1 Å². The average Bonchev–Trinajstić information content (AvgIpc) is 3.11. The molecule has 0 radical (unpaired) electrons. The standard InChI is InChI=1S/C27H22BrClN2O5S/c1-16-6-5-7-17(10-16)14-31-26(33)23(37-27(31)34)13-18-11-19(28)25(22(12-18)35-2)36-15-24(32)30-21-9-4-3-8-20(21)29/h3-13H,14-15H2,1-2H3,(H,30,32)/b23-13-. The van der Waals surface area contributed by atoms with E-state index in [0.29, 0.717) is 37.2 Å². The van der Waals surface area contributed by atoms with Crippen LogP contribution in [-0.2, 0) is 16.1 Å². The zero-order valence-corrected chi connectivity index (χ0v) is 23.1. The van der Waals surface area contributed by atoms with Gasteiger partial charge >= 0.3 is 0 Å². The number of amides is 3. The van der Waals surface area contributed by atoms with Crippen molar-refractivity contribution in [1.29, 1.82) is 0 Å². The molecule has 0 atom stereocenters. The van der Waals surface area contributed by atoms with Gasteiger partial charge in [0.05, 0.1) is 33.7 Å². The number of rotatable bonds is 8. The van der Waals surface area contributed by atoms with E-state index in [2.05, 4.69) is 21.2 Å². The Morgan fingerprint density at radius 2 is 1.92 bits per heavy atom. The molecule has 7 nitrogen and oxygen atoms in total. The molecule has 0 saturated carbocycles. The first-order valence-electron chi connectivity index (χ1n) is 11.1. The van der Waals surface area contributed by atoms with Crippen molar-refractivity contribution in [2.24, 2.45) is 0 Å². The van der Waals surface area contributed by atoms with Gasteiger partial charge in [-0.05, 0) is 76.1 Å². The maximum absolute atomic E-state index is 13.0. The highest BCUT2D eigenvalue weighted by atomic mass is 79.9. The van der Waals surface area contributed by atoms with Crippen molar-refractivity contribution >= 4 is 68.1 Å². The van der Waals surface area contributed by atoms with Crippen molar-refractivity contribution in [2.45, 2.75) is 13.5 Å². The number of carbonyl (C=O) groups is 3. The monoisotopic (exact) mass is 600 g/mol. The van der Waals surface area contributed by atoms with Crippen LogP contribution in [0.4, 0.5) is 10.5 Å². The van der Waals surface area contributed by atoms with Gasteiger partial charge in [-0.25, -0.2) is 0 Å². The summed E-state index contributed by atoms with van der Waals surface area (Å²) < 4.78 is 11.7. The summed E-state index contributed by atoms with van der Waals surface area (Å²) in [5, 5.41) is 2.79. The van der Waals surface area contributed by atoms with Crippen molar-refractivity contribution < 1.29 is 23.9 Å². The van der Waals surface area contributed by atoms with Crippen molar-refractivity contribution in [2.75, 3.05) is 19.0 Å². The van der Waals surface area contributed by atoms with E-state index in [0.717, 1.165) is 22.9 Å². The van der Waals surface area contributed by atoms with Gasteiger partial charge in [-0.2, -0.15) is 0 Å². The lowest BCUT2D eigenvalue weighted by molar-refractivity contribution is -0.123. The second-order valence-corrected chi connectivity index (χ2v) is 10.4. The molecule has 0 aromatic heterocycles. The number of nitrogens with one attached hydrogen (secondary N) is 1. The van der Waals surface area contributed by atoms with E-state index >= 15 is 0 Å². The van der Waals surface area contributed by atoms with E-state index in [9.17, 15) is 14.4 Å². The molecule has 3 amide bonds. The summed E-state index contributed by atoms with van der Waals surface area (Å²) in [5.41, 5.74) is 3.04. The van der Waals surface area contributed by atoms with Gasteiger partial charge in [0.25, 0.3) is 17.1 Å². The van der Waals surface area contributed by atoms with Crippen LogP contribution in [0, 0.1) is 6.92 Å². The fraction of sp³-hybridized carbons (Fsp3) is 0.148. The van der Waals surface area contributed by atoms with Crippen LogP contribution in [0.5, 0.6) is 11.5 Å². The summed E-state index contributed by atoms with van der Waals surface area (Å²) in [6.45, 7) is 1.89. The van der Waals surface area contributed by atoms with Crippen LogP contribution in [-0.4, -0.2) is 35.7 Å². The second-order valence-electron chi connectivity index (χ2n) is 8.11. The molecule has 0 spiro atoms. The molecular weight excluding hydrogens is 580 g/mol. The summed E-state index contributed by atoms with van der Waals surface area (Å²) in [6.07, 6.45) is 1.63. The van der Waals surface area contributed by atoms with Crippen LogP contribution in [0.25, 0.3) is 6.08 Å². The summed E-state index contributed by atoms with van der Waals surface area (Å²) >= 11 is 10.4. The second kappa shape index (κ2) is 11.9. The summed E-state index contributed by atoms with van der Waals surface area (Å²) in [6, 6.07) is 18.0. The lowest BCUT2D eigenvalue weighted by Gasteiger charge is -2.14. The number of ether oxygens (including phenoxy) is 2. The molecule has 1 fully saturated rings. The van der Waals surface area contributed by atoms with E-state index in [1.807, 2.05) is 31.2 Å². The number of hydrogen-bond acceptors (Lipinski definition) is 6. The van der Waals surface area contributed by atoms with Gasteiger partial charge in [-0.1, -0.05) is 53.6 Å². The minimum absolute atomic E-state index is 0.208. The maximum atomic E-state index is 13.0. The SMILES string of the molecule is COc1cc(/C=C2\SC(=O)N(Cc3cccc(C)c3)C2=O)cc(Br)c1OCC(=O)Nc1ccccc1Cl. The van der Waals surface area contributed by atoms with Gasteiger partial charge in [-0.15, -0.1) is 0 Å². The summed E-state index contributed by atoms with van der Waals surface area (Å²) in [7, 11) is 1.47. The maximum Gasteiger partial charge on any atom is 0.293 e. The van der Waals surface area contributed by atoms with Crippen LogP contribution in [0.1, 0.15) is 16.7 Å². The Balaban J connectivity index is 1.47. The molecular formula is C27H22BrClN2O5S. The highest BCUT2D eigenvalue weighted by Crippen LogP contribution is 2.39. The molecule has 3 aromatic carbocycles. The third kappa shape index (κ3) is 6.54. The molecule has 37 heavy (non-hydrogen) atoms. The quantitative estimate of drug-likeness (QED) is 0.290. The first-order valence-corrected chi connectivity index (χ1v) is 13.1. The molecule has 1 aliphatic heterocycles. The predicted octanol–water partition coefficient (Wildman–Crippen LogP) is 6.67. The minimum atomic E-state index is -0.395. The normalized spacial score (nSPS) is 14.3. The first-order chi connectivity index (χ1) is 17.7. The number of halogens is 2. The van der Waals surface area contributed by atoms with E-state index in [-0.39, 0.29) is 24.3 Å². The minimum Gasteiger partial charge on any atom is -0.493 e. The number of anilines is 1. The Labute approximate surface area is 231 Å². The number of aryl methyl sites for hydroxylation is 1. The van der Waals surface area contributed by atoms with Gasteiger partial charge < -0.3 is 14.8 Å². The molecule has 1 aliphatic rings. The largest absolute Gasteiger partial charge is 0.493 e. The lowest BCUT2D eigenvalue weighted by Crippen LogP contribution is -2.27. The molecule has 0 unspecified atom stereocenters. The third-order valence-corrected chi connectivity index (χ3v) is 7.17. The van der Waals surface area contributed by atoms with Crippen molar-refractivity contribution in [3.63, 3.8) is 0 Å². The van der Waals surface area contributed by atoms with Crippen LogP contribution in [0.15, 0.2) is 70.0 Å². The molecule has 0 aliphatic carbocycles. The zero-order valence-electron chi connectivity index (χ0n) is 19.9. The fourth-order valence-electron chi connectivity index (χ4n) is 3.63. The lowest BCUT2D eigenvalue weighted by atomic mass is 10.1. The molecule has 0 bridgehead atoms. The Morgan fingerprint density at radius 3 is 2.65 bits per heavy atom. The van der Waals surface area contributed by atoms with Crippen LogP contribution in [0.2, 0.25) is 5.02 Å². The predicted molar refractivity (Wildman–Crippen MR) is 149 cm³/mol. The van der Waals surface area contributed by atoms with Gasteiger partial charge in [0.15, 0.2) is 18.1 Å². The number of benzene rings is 3. The average molecular weight is 602 g/mol. The van der Waals surface area contributed by atoms with Gasteiger partial charge in [0.2, 0.25) is 0 Å². The summed E-state index contributed by atoms with van der Waals surface area (Å²) in [5.74, 6) is -0.0803. The van der Waals surface area contributed by atoms with Gasteiger partial charge in [0.1, 0.15) is 0 Å². The Hall–Kier alpha value is -3.27. The van der Waals surface area contributed by atoms with Gasteiger partial charge in [0, 0.05) is 0 Å². The molecule has 3 aromatic rings. The number of imide groups is 1. The Kier molecular flexibility index (Phi) is 8.58. The van der Waals surface area contributed by atoms with Crippen LogP contribution < -0.4 is 14.8 Å². The molecule has 1 N–H and O–H groups in total. The van der Waals surface area contributed by atoms with Crippen molar-refractivity contribution in [1.82, 2.24) is 4.90 Å². The highest BCUT2D eigenvalue weighted by molar-refractivity contribution is 9.10. The Morgan fingerprint density at radius 1 is 1.14 bits per heavy atom. The fourth-order valence-corrected chi connectivity index (χ4v) is 5.23. The van der Waals surface area contributed by atoms with Crippen molar-refractivity contribution in [3.8, 4) is 11.5 Å². The van der Waals surface area contributed by atoms with Gasteiger partial charge in [-0.3, -0.25) is 19.3 Å². The smallest absolute Gasteiger partial charge is 0.293 e. The molecule has 4 rings (SSSR count). The number of methoxy groups -OCH3 is 1. The Bertz CT molecular complexity index is 1410.